The molecule has 1 fully saturated rings. The Bertz CT molecular complexity index is 731. The van der Waals surface area contributed by atoms with Crippen LogP contribution in [0.5, 0.6) is 5.75 Å². The number of carbonyl (C=O) groups is 1. The van der Waals surface area contributed by atoms with Crippen molar-refractivity contribution in [1.29, 1.82) is 0 Å². The first-order valence-corrected chi connectivity index (χ1v) is 8.87. The molecule has 1 aliphatic heterocycles. The number of nitrogens with one attached hydrogen (secondary N) is 2. The van der Waals surface area contributed by atoms with Crippen LogP contribution in [0.2, 0.25) is 0 Å². The minimum Gasteiger partial charge on any atom is -0.508 e. The maximum absolute atomic E-state index is 12.4. The zero-order valence-corrected chi connectivity index (χ0v) is 14.9. The van der Waals surface area contributed by atoms with E-state index in [1.807, 2.05) is 6.07 Å². The van der Waals surface area contributed by atoms with Crippen LogP contribution in [-0.2, 0) is 22.6 Å². The Morgan fingerprint density at radius 3 is 3.12 bits per heavy atom. The molecule has 7 nitrogen and oxygen atoms in total. The fourth-order valence-electron chi connectivity index (χ4n) is 3.45. The van der Waals surface area contributed by atoms with Gasteiger partial charge in [0.1, 0.15) is 12.4 Å². The quantitative estimate of drug-likeness (QED) is 0.702. The summed E-state index contributed by atoms with van der Waals surface area (Å²) in [6, 6.07) is 8.52. The molecular formula is C19H25N3O4. The highest BCUT2D eigenvalue weighted by Gasteiger charge is 2.28. The Hall–Kier alpha value is -2.38. The Morgan fingerprint density at radius 1 is 1.42 bits per heavy atom. The van der Waals surface area contributed by atoms with Crippen LogP contribution in [0.1, 0.15) is 24.3 Å². The third kappa shape index (κ3) is 5.06. The molecule has 0 aliphatic carbocycles. The van der Waals surface area contributed by atoms with Crippen LogP contribution in [0.25, 0.3) is 0 Å². The summed E-state index contributed by atoms with van der Waals surface area (Å²) in [5.74, 6) is 1.41. The van der Waals surface area contributed by atoms with Crippen molar-refractivity contribution >= 4 is 11.6 Å². The van der Waals surface area contributed by atoms with E-state index in [0.717, 1.165) is 31.6 Å². The zero-order valence-electron chi connectivity index (χ0n) is 14.9. The number of phenols is 1. The largest absolute Gasteiger partial charge is 0.508 e. The number of rotatable bonds is 7. The van der Waals surface area contributed by atoms with Crippen LogP contribution >= 0.6 is 0 Å². The monoisotopic (exact) mass is 359 g/mol. The first-order valence-electron chi connectivity index (χ1n) is 8.87. The van der Waals surface area contributed by atoms with Gasteiger partial charge in [0.25, 0.3) is 0 Å². The third-order valence-electron chi connectivity index (χ3n) is 4.71. The van der Waals surface area contributed by atoms with Crippen molar-refractivity contribution in [3.8, 4) is 5.75 Å². The van der Waals surface area contributed by atoms with Crippen LogP contribution in [0, 0.1) is 11.8 Å². The van der Waals surface area contributed by atoms with Crippen molar-refractivity contribution in [2.75, 3.05) is 25.5 Å². The first kappa shape index (κ1) is 18.4. The number of carbonyl (C=O) groups excluding carboxylic acids is 1. The van der Waals surface area contributed by atoms with Crippen LogP contribution in [0.15, 0.2) is 34.9 Å². The lowest BCUT2D eigenvalue weighted by Gasteiger charge is -2.31. The van der Waals surface area contributed by atoms with Gasteiger partial charge in [-0.25, -0.2) is 0 Å². The molecule has 140 valence electrons. The molecule has 1 amide bonds. The molecule has 0 saturated carbocycles. The molecular weight excluding hydrogens is 334 g/mol. The van der Waals surface area contributed by atoms with Gasteiger partial charge in [-0.2, -0.15) is 0 Å². The third-order valence-corrected chi connectivity index (χ3v) is 4.71. The molecule has 1 aromatic heterocycles. The van der Waals surface area contributed by atoms with E-state index < -0.39 is 0 Å². The van der Waals surface area contributed by atoms with E-state index in [0.29, 0.717) is 30.4 Å². The van der Waals surface area contributed by atoms with E-state index in [2.05, 4.69) is 15.8 Å². The van der Waals surface area contributed by atoms with Gasteiger partial charge in [-0.1, -0.05) is 11.2 Å². The summed E-state index contributed by atoms with van der Waals surface area (Å²) in [5, 5.41) is 19.9. The van der Waals surface area contributed by atoms with E-state index >= 15 is 0 Å². The smallest absolute Gasteiger partial charge is 0.224 e. The first-order chi connectivity index (χ1) is 12.6. The Balaban J connectivity index is 1.58. The molecule has 2 heterocycles. The predicted molar refractivity (Wildman–Crippen MR) is 96.7 cm³/mol. The summed E-state index contributed by atoms with van der Waals surface area (Å²) in [5.41, 5.74) is 1.50. The molecule has 3 rings (SSSR count). The second kappa shape index (κ2) is 8.82. The van der Waals surface area contributed by atoms with Crippen LogP contribution in [0.3, 0.4) is 0 Å². The van der Waals surface area contributed by atoms with Gasteiger partial charge >= 0.3 is 0 Å². The molecule has 3 N–H and O–H groups in total. The maximum Gasteiger partial charge on any atom is 0.224 e. The van der Waals surface area contributed by atoms with Gasteiger partial charge < -0.3 is 25.0 Å². The summed E-state index contributed by atoms with van der Waals surface area (Å²) in [7, 11) is 1.62. The lowest BCUT2D eigenvalue weighted by Crippen LogP contribution is -2.39. The van der Waals surface area contributed by atoms with Gasteiger partial charge in [0.15, 0.2) is 5.76 Å². The van der Waals surface area contributed by atoms with Crippen LogP contribution in [-0.4, -0.2) is 36.4 Å². The average molecular weight is 359 g/mol. The highest BCUT2D eigenvalue weighted by molar-refractivity contribution is 5.91. The van der Waals surface area contributed by atoms with E-state index in [9.17, 15) is 9.90 Å². The number of ether oxygens (including phenoxy) is 1. The normalized spacial score (nSPS) is 20.0. The van der Waals surface area contributed by atoms with E-state index in [1.54, 1.807) is 31.4 Å². The van der Waals surface area contributed by atoms with Crippen molar-refractivity contribution in [3.63, 3.8) is 0 Å². The average Bonchev–Trinajstić information content (AvgIpc) is 3.04. The van der Waals surface area contributed by atoms with Gasteiger partial charge in [0, 0.05) is 31.4 Å². The topological polar surface area (TPSA) is 96.6 Å². The lowest BCUT2D eigenvalue weighted by atomic mass is 9.81. The van der Waals surface area contributed by atoms with Crippen molar-refractivity contribution in [2.24, 2.45) is 11.8 Å². The standard InChI is InChI=1S/C19H25N3O4/c1-25-12-18-10-16(22-26-18)7-14-11-20-6-5-13(14)8-19(24)21-15-3-2-4-17(23)9-15/h2-4,9-10,13-14,20,23H,5-8,11-12H2,1H3,(H,21,24)/t13-,14+/m0/s1. The molecule has 1 aromatic carbocycles. The molecule has 0 unspecified atom stereocenters. The molecule has 2 atom stereocenters. The van der Waals surface area contributed by atoms with Gasteiger partial charge in [0.05, 0.1) is 5.69 Å². The van der Waals surface area contributed by atoms with E-state index in [1.165, 1.54) is 0 Å². The van der Waals surface area contributed by atoms with Gasteiger partial charge in [-0.15, -0.1) is 0 Å². The molecule has 1 aliphatic rings. The van der Waals surface area contributed by atoms with Crippen molar-refractivity contribution in [2.45, 2.75) is 25.9 Å². The number of piperidine rings is 1. The summed E-state index contributed by atoms with van der Waals surface area (Å²) in [6.07, 6.45) is 2.16. The van der Waals surface area contributed by atoms with E-state index in [4.69, 9.17) is 9.26 Å². The Kier molecular flexibility index (Phi) is 6.25. The summed E-state index contributed by atoms with van der Waals surface area (Å²) in [6.45, 7) is 2.18. The van der Waals surface area contributed by atoms with Crippen molar-refractivity contribution < 1.29 is 19.2 Å². The minimum absolute atomic E-state index is 0.0345. The number of aromatic nitrogens is 1. The van der Waals surface area contributed by atoms with Crippen LogP contribution < -0.4 is 10.6 Å². The highest BCUT2D eigenvalue weighted by Crippen LogP contribution is 2.27. The predicted octanol–water partition coefficient (Wildman–Crippen LogP) is 2.32. The lowest BCUT2D eigenvalue weighted by molar-refractivity contribution is -0.117. The fraction of sp³-hybridized carbons (Fsp3) is 0.474. The number of aromatic hydroxyl groups is 1. The number of benzene rings is 1. The van der Waals surface area contributed by atoms with Crippen LogP contribution in [0.4, 0.5) is 5.69 Å². The molecule has 1 saturated heterocycles. The molecule has 26 heavy (non-hydrogen) atoms. The molecule has 0 bridgehead atoms. The second-order valence-corrected chi connectivity index (χ2v) is 6.74. The van der Waals surface area contributed by atoms with Crippen molar-refractivity contribution in [1.82, 2.24) is 10.5 Å². The maximum atomic E-state index is 12.4. The SMILES string of the molecule is COCc1cc(C[C@@H]2CNCC[C@H]2CC(=O)Nc2cccc(O)c2)no1. The van der Waals surface area contributed by atoms with Crippen molar-refractivity contribution in [3.05, 3.63) is 41.8 Å². The van der Waals surface area contributed by atoms with Gasteiger partial charge in [-0.05, 0) is 49.9 Å². The highest BCUT2D eigenvalue weighted by atomic mass is 16.5. The number of nitrogens with zero attached hydrogens (tertiary/aromatic N) is 1. The number of anilines is 1. The number of methoxy groups -OCH3 is 1. The summed E-state index contributed by atoms with van der Waals surface area (Å²) in [4.78, 5) is 12.4. The summed E-state index contributed by atoms with van der Waals surface area (Å²) < 4.78 is 10.3. The Morgan fingerprint density at radius 2 is 2.31 bits per heavy atom. The fourth-order valence-corrected chi connectivity index (χ4v) is 3.45. The minimum atomic E-state index is -0.0345. The summed E-state index contributed by atoms with van der Waals surface area (Å²) >= 11 is 0. The molecule has 7 heteroatoms. The van der Waals surface area contributed by atoms with E-state index in [-0.39, 0.29) is 17.6 Å². The second-order valence-electron chi connectivity index (χ2n) is 6.74. The molecule has 2 aromatic rings. The molecule has 0 spiro atoms. The number of hydrogen-bond acceptors (Lipinski definition) is 6. The van der Waals surface area contributed by atoms with Gasteiger partial charge in [-0.3, -0.25) is 4.79 Å². The van der Waals surface area contributed by atoms with Gasteiger partial charge in [0.2, 0.25) is 5.91 Å². The zero-order chi connectivity index (χ0) is 18.4. The molecule has 0 radical (unpaired) electrons. The number of hydrogen-bond donors (Lipinski definition) is 3. The number of amides is 1. The Labute approximate surface area is 152 Å². The number of phenolic OH excluding ortho intramolecular Hbond substituents is 1.